The summed E-state index contributed by atoms with van der Waals surface area (Å²) in [6.45, 7) is 4.41. The number of nitrogens with one attached hydrogen (secondary N) is 3. The van der Waals surface area contributed by atoms with Crippen LogP contribution in [0.15, 0.2) is 36.9 Å². The van der Waals surface area contributed by atoms with Gasteiger partial charge in [0.1, 0.15) is 18.7 Å². The second-order valence-electron chi connectivity index (χ2n) is 7.04. The molecule has 3 amide bonds. The molecule has 2 aromatic heterocycles. The SMILES string of the molecule is CCNC(=O)[C@@H]1CC[C@H](n2cnc3c(NC(=O)Nc4ccc(C)cc4)ncnc32)O1. The first kappa shape index (κ1) is 19.8. The zero-order valence-corrected chi connectivity index (χ0v) is 16.8. The smallest absolute Gasteiger partial charge is 0.324 e. The Morgan fingerprint density at radius 3 is 2.70 bits per heavy atom. The molecule has 1 aliphatic rings. The summed E-state index contributed by atoms with van der Waals surface area (Å²) in [5, 5.41) is 8.25. The molecule has 10 heteroatoms. The van der Waals surface area contributed by atoms with Crippen LogP contribution in [0.5, 0.6) is 0 Å². The molecule has 0 unspecified atom stereocenters. The third-order valence-corrected chi connectivity index (χ3v) is 4.85. The lowest BCUT2D eigenvalue weighted by Crippen LogP contribution is -2.34. The fourth-order valence-corrected chi connectivity index (χ4v) is 3.37. The van der Waals surface area contributed by atoms with Gasteiger partial charge in [0.2, 0.25) is 5.91 Å². The van der Waals surface area contributed by atoms with E-state index in [0.29, 0.717) is 42.1 Å². The number of imidazole rings is 1. The van der Waals surface area contributed by atoms with E-state index in [1.165, 1.54) is 6.33 Å². The van der Waals surface area contributed by atoms with Crippen LogP contribution in [0.25, 0.3) is 11.2 Å². The van der Waals surface area contributed by atoms with Crippen molar-refractivity contribution >= 4 is 34.6 Å². The van der Waals surface area contributed by atoms with Crippen LogP contribution >= 0.6 is 0 Å². The predicted molar refractivity (Wildman–Crippen MR) is 111 cm³/mol. The van der Waals surface area contributed by atoms with E-state index >= 15 is 0 Å². The lowest BCUT2D eigenvalue weighted by atomic mass is 10.2. The zero-order chi connectivity index (χ0) is 21.1. The summed E-state index contributed by atoms with van der Waals surface area (Å²) < 4.78 is 7.65. The summed E-state index contributed by atoms with van der Waals surface area (Å²) in [6, 6.07) is 7.04. The molecule has 156 valence electrons. The highest BCUT2D eigenvalue weighted by atomic mass is 16.5. The van der Waals surface area contributed by atoms with Crippen molar-refractivity contribution in [2.45, 2.75) is 39.0 Å². The number of aromatic nitrogens is 4. The molecule has 1 aliphatic heterocycles. The summed E-state index contributed by atoms with van der Waals surface area (Å²) in [4.78, 5) is 37.2. The number of likely N-dealkylation sites (N-methyl/N-ethyl adjacent to an activating group) is 1. The number of nitrogens with zero attached hydrogens (tertiary/aromatic N) is 4. The third-order valence-electron chi connectivity index (χ3n) is 4.85. The lowest BCUT2D eigenvalue weighted by Gasteiger charge is -2.15. The number of hydrogen-bond donors (Lipinski definition) is 3. The number of amides is 3. The summed E-state index contributed by atoms with van der Waals surface area (Å²) in [5.41, 5.74) is 2.75. The van der Waals surface area contributed by atoms with Gasteiger partial charge in [0.05, 0.1) is 6.33 Å². The number of aryl methyl sites for hydroxylation is 1. The van der Waals surface area contributed by atoms with E-state index in [4.69, 9.17) is 4.74 Å². The number of benzene rings is 1. The van der Waals surface area contributed by atoms with Gasteiger partial charge in [-0.3, -0.25) is 14.7 Å². The van der Waals surface area contributed by atoms with Gasteiger partial charge in [-0.2, -0.15) is 0 Å². The molecule has 0 spiro atoms. The molecule has 0 saturated carbocycles. The molecular formula is C20H23N7O3. The third kappa shape index (κ3) is 4.08. The minimum Gasteiger partial charge on any atom is -0.354 e. The van der Waals surface area contributed by atoms with E-state index in [0.717, 1.165) is 5.56 Å². The van der Waals surface area contributed by atoms with Crippen LogP contribution in [-0.4, -0.2) is 44.1 Å². The van der Waals surface area contributed by atoms with Crippen molar-refractivity contribution in [2.24, 2.45) is 0 Å². The highest BCUT2D eigenvalue weighted by molar-refractivity contribution is 6.02. The van der Waals surface area contributed by atoms with Crippen molar-refractivity contribution in [1.82, 2.24) is 24.8 Å². The van der Waals surface area contributed by atoms with E-state index in [9.17, 15) is 9.59 Å². The summed E-state index contributed by atoms with van der Waals surface area (Å²) in [6.07, 6.45) is 3.38. The second-order valence-corrected chi connectivity index (χ2v) is 7.04. The number of rotatable bonds is 5. The van der Waals surface area contributed by atoms with Gasteiger partial charge in [0, 0.05) is 12.2 Å². The topological polar surface area (TPSA) is 123 Å². The van der Waals surface area contributed by atoms with Crippen molar-refractivity contribution in [3.63, 3.8) is 0 Å². The summed E-state index contributed by atoms with van der Waals surface area (Å²) in [7, 11) is 0. The molecular weight excluding hydrogens is 386 g/mol. The Labute approximate surface area is 173 Å². The summed E-state index contributed by atoms with van der Waals surface area (Å²) >= 11 is 0. The van der Waals surface area contributed by atoms with Crippen LogP contribution in [0.4, 0.5) is 16.3 Å². The molecule has 3 heterocycles. The first-order chi connectivity index (χ1) is 14.5. The average molecular weight is 409 g/mol. The van der Waals surface area contributed by atoms with Gasteiger partial charge in [-0.1, -0.05) is 17.7 Å². The molecule has 10 nitrogen and oxygen atoms in total. The molecule has 1 aromatic carbocycles. The Morgan fingerprint density at radius 1 is 1.13 bits per heavy atom. The highest BCUT2D eigenvalue weighted by Crippen LogP contribution is 2.31. The monoisotopic (exact) mass is 409 g/mol. The van der Waals surface area contributed by atoms with Gasteiger partial charge in [0.15, 0.2) is 17.0 Å². The Morgan fingerprint density at radius 2 is 1.93 bits per heavy atom. The largest absolute Gasteiger partial charge is 0.354 e. The lowest BCUT2D eigenvalue weighted by molar-refractivity contribution is -0.133. The Hall–Kier alpha value is -3.53. The summed E-state index contributed by atoms with van der Waals surface area (Å²) in [5.74, 6) is 0.177. The van der Waals surface area contributed by atoms with E-state index in [1.54, 1.807) is 10.9 Å². The van der Waals surface area contributed by atoms with Gasteiger partial charge in [-0.15, -0.1) is 0 Å². The minimum atomic E-state index is -0.493. The van der Waals surface area contributed by atoms with Crippen LogP contribution in [0, 0.1) is 6.92 Å². The number of ether oxygens (including phenoxy) is 1. The number of urea groups is 1. The molecule has 0 radical (unpaired) electrons. The second kappa shape index (κ2) is 8.46. The maximum Gasteiger partial charge on any atom is 0.324 e. The Kier molecular flexibility index (Phi) is 5.57. The van der Waals surface area contributed by atoms with E-state index in [2.05, 4.69) is 30.9 Å². The van der Waals surface area contributed by atoms with Gasteiger partial charge >= 0.3 is 6.03 Å². The van der Waals surface area contributed by atoms with Crippen LogP contribution in [0.3, 0.4) is 0 Å². The van der Waals surface area contributed by atoms with Crippen LogP contribution in [0.1, 0.15) is 31.6 Å². The predicted octanol–water partition coefficient (Wildman–Crippen LogP) is 2.59. The quantitative estimate of drug-likeness (QED) is 0.595. The van der Waals surface area contributed by atoms with Crippen LogP contribution in [-0.2, 0) is 9.53 Å². The molecule has 2 atom stereocenters. The zero-order valence-electron chi connectivity index (χ0n) is 16.8. The van der Waals surface area contributed by atoms with Crippen molar-refractivity contribution in [2.75, 3.05) is 17.2 Å². The number of fused-ring (bicyclic) bond motifs is 1. The molecule has 1 fully saturated rings. The Bertz CT molecular complexity index is 1060. The Balaban J connectivity index is 1.49. The molecule has 0 aliphatic carbocycles. The molecule has 0 bridgehead atoms. The normalized spacial score (nSPS) is 18.3. The van der Waals surface area contributed by atoms with E-state index in [1.807, 2.05) is 38.1 Å². The maximum absolute atomic E-state index is 12.4. The number of carbonyl (C=O) groups excluding carboxylic acids is 2. The van der Waals surface area contributed by atoms with Crippen molar-refractivity contribution in [3.05, 3.63) is 42.5 Å². The molecule has 30 heavy (non-hydrogen) atoms. The number of carbonyl (C=O) groups is 2. The van der Waals surface area contributed by atoms with E-state index in [-0.39, 0.29) is 12.1 Å². The highest BCUT2D eigenvalue weighted by Gasteiger charge is 2.32. The first-order valence-corrected chi connectivity index (χ1v) is 9.80. The van der Waals surface area contributed by atoms with Gasteiger partial charge in [-0.05, 0) is 38.8 Å². The maximum atomic E-state index is 12.4. The van der Waals surface area contributed by atoms with Crippen molar-refractivity contribution in [1.29, 1.82) is 0 Å². The van der Waals surface area contributed by atoms with E-state index < -0.39 is 12.1 Å². The van der Waals surface area contributed by atoms with Gasteiger partial charge in [-0.25, -0.2) is 19.7 Å². The molecule has 3 N–H and O–H groups in total. The fourth-order valence-electron chi connectivity index (χ4n) is 3.37. The van der Waals surface area contributed by atoms with Gasteiger partial charge in [0.25, 0.3) is 0 Å². The molecule has 1 saturated heterocycles. The standard InChI is InChI=1S/C20H23N7O3/c1-3-21-19(28)14-8-9-15(30-14)27-11-24-16-17(22-10-23-18(16)27)26-20(29)25-13-6-4-12(2)5-7-13/h4-7,10-11,14-15H,3,8-9H2,1-2H3,(H,21,28)(H2,22,23,25,26,29)/t14-,15+/m0/s1. The fraction of sp³-hybridized carbons (Fsp3) is 0.350. The van der Waals surface area contributed by atoms with Crippen LogP contribution < -0.4 is 16.0 Å². The molecule has 3 aromatic rings. The first-order valence-electron chi connectivity index (χ1n) is 9.80. The number of hydrogen-bond acceptors (Lipinski definition) is 6. The van der Waals surface area contributed by atoms with Crippen molar-refractivity contribution in [3.8, 4) is 0 Å². The van der Waals surface area contributed by atoms with Crippen LogP contribution in [0.2, 0.25) is 0 Å². The van der Waals surface area contributed by atoms with Gasteiger partial charge < -0.3 is 15.4 Å². The average Bonchev–Trinajstić information content (AvgIpc) is 3.37. The minimum absolute atomic E-state index is 0.117. The number of anilines is 2. The van der Waals surface area contributed by atoms with Crippen molar-refractivity contribution < 1.29 is 14.3 Å². The molecule has 4 rings (SSSR count).